The van der Waals surface area contributed by atoms with Crippen molar-refractivity contribution < 1.29 is 19.1 Å². The second-order valence-electron chi connectivity index (χ2n) is 7.47. The lowest BCUT2D eigenvalue weighted by atomic mass is 9.99. The van der Waals surface area contributed by atoms with Crippen molar-refractivity contribution in [3.05, 3.63) is 136 Å². The third-order valence-corrected chi connectivity index (χ3v) is 5.34. The number of carbonyl (C=O) groups excluding carboxylic acids is 3. The molecule has 1 amide bonds. The Bertz CT molecular complexity index is 1310. The molecular formula is C28H20ClNO4. The summed E-state index contributed by atoms with van der Waals surface area (Å²) in [5, 5.41) is 3.27. The van der Waals surface area contributed by atoms with E-state index in [1.807, 2.05) is 12.1 Å². The lowest BCUT2D eigenvalue weighted by Gasteiger charge is -2.18. The van der Waals surface area contributed by atoms with E-state index >= 15 is 0 Å². The third-order valence-electron chi connectivity index (χ3n) is 5.09. The van der Waals surface area contributed by atoms with Crippen molar-refractivity contribution in [2.24, 2.45) is 0 Å². The van der Waals surface area contributed by atoms with Crippen LogP contribution in [0.5, 0.6) is 0 Å². The van der Waals surface area contributed by atoms with Crippen LogP contribution >= 0.6 is 11.6 Å². The number of nitrogens with one attached hydrogen (secondary N) is 1. The Morgan fingerprint density at radius 2 is 1.29 bits per heavy atom. The zero-order chi connectivity index (χ0) is 23.9. The summed E-state index contributed by atoms with van der Waals surface area (Å²) in [7, 11) is 0. The lowest BCUT2D eigenvalue weighted by molar-refractivity contribution is 0.0280. The van der Waals surface area contributed by atoms with Crippen LogP contribution in [0.4, 0.5) is 5.69 Å². The predicted molar refractivity (Wildman–Crippen MR) is 131 cm³/mol. The van der Waals surface area contributed by atoms with Crippen LogP contribution in [-0.4, -0.2) is 17.7 Å². The summed E-state index contributed by atoms with van der Waals surface area (Å²) >= 11 is 5.94. The Morgan fingerprint density at radius 3 is 1.97 bits per heavy atom. The number of amides is 1. The molecule has 0 saturated heterocycles. The van der Waals surface area contributed by atoms with E-state index in [0.717, 1.165) is 0 Å². The van der Waals surface area contributed by atoms with Crippen LogP contribution in [0.25, 0.3) is 0 Å². The molecule has 34 heavy (non-hydrogen) atoms. The second kappa shape index (κ2) is 10.6. The van der Waals surface area contributed by atoms with Crippen molar-refractivity contribution in [1.29, 1.82) is 0 Å². The highest BCUT2D eigenvalue weighted by molar-refractivity contribution is 6.30. The molecule has 5 nitrogen and oxygen atoms in total. The fourth-order valence-electron chi connectivity index (χ4n) is 3.36. The first kappa shape index (κ1) is 23.0. The first-order chi connectivity index (χ1) is 16.5. The van der Waals surface area contributed by atoms with Crippen molar-refractivity contribution in [3.63, 3.8) is 0 Å². The molecule has 4 aromatic carbocycles. The summed E-state index contributed by atoms with van der Waals surface area (Å²) in [5.74, 6) is -1.36. The van der Waals surface area contributed by atoms with Crippen molar-refractivity contribution >= 4 is 34.9 Å². The number of halogens is 1. The molecule has 1 N–H and O–H groups in total. The summed E-state index contributed by atoms with van der Waals surface area (Å²) in [6, 6.07) is 30.3. The van der Waals surface area contributed by atoms with Gasteiger partial charge >= 0.3 is 5.97 Å². The standard InChI is InChI=1S/C28H20ClNO4/c29-23-16-14-19(15-17-23)25(31)26(20-8-3-1-4-9-20)34-28(33)22-12-7-13-24(18-22)30-27(32)21-10-5-2-6-11-21/h1-18,26H,(H,30,32)/t26-/m0/s1. The molecule has 0 aliphatic carbocycles. The lowest BCUT2D eigenvalue weighted by Crippen LogP contribution is -2.20. The summed E-state index contributed by atoms with van der Waals surface area (Å²) in [6.07, 6.45) is -1.14. The highest BCUT2D eigenvalue weighted by Crippen LogP contribution is 2.25. The van der Waals surface area contributed by atoms with Gasteiger partial charge in [0.15, 0.2) is 6.10 Å². The minimum Gasteiger partial charge on any atom is -0.445 e. The molecule has 6 heteroatoms. The van der Waals surface area contributed by atoms with Gasteiger partial charge in [0.25, 0.3) is 5.91 Å². The van der Waals surface area contributed by atoms with Crippen molar-refractivity contribution in [3.8, 4) is 0 Å². The van der Waals surface area contributed by atoms with Crippen LogP contribution in [0.15, 0.2) is 109 Å². The fourth-order valence-corrected chi connectivity index (χ4v) is 3.48. The number of hydrogen-bond donors (Lipinski definition) is 1. The third kappa shape index (κ3) is 5.57. The maximum atomic E-state index is 13.2. The molecule has 0 saturated carbocycles. The normalized spacial score (nSPS) is 11.3. The number of hydrogen-bond acceptors (Lipinski definition) is 4. The molecule has 0 unspecified atom stereocenters. The van der Waals surface area contributed by atoms with Gasteiger partial charge in [-0.2, -0.15) is 0 Å². The molecule has 0 spiro atoms. The molecule has 4 rings (SSSR count). The van der Waals surface area contributed by atoms with Crippen LogP contribution in [0.2, 0.25) is 5.02 Å². The molecule has 0 heterocycles. The topological polar surface area (TPSA) is 72.5 Å². The maximum absolute atomic E-state index is 13.2. The van der Waals surface area contributed by atoms with Gasteiger partial charge in [-0.3, -0.25) is 9.59 Å². The molecule has 0 bridgehead atoms. The summed E-state index contributed by atoms with van der Waals surface area (Å²) < 4.78 is 5.68. The zero-order valence-corrected chi connectivity index (χ0v) is 18.7. The minimum absolute atomic E-state index is 0.204. The van der Waals surface area contributed by atoms with Gasteiger partial charge in [0.2, 0.25) is 5.78 Å². The summed E-state index contributed by atoms with van der Waals surface area (Å²) in [6.45, 7) is 0. The Hall–Kier alpha value is -4.22. The maximum Gasteiger partial charge on any atom is 0.339 e. The molecule has 0 aliphatic rings. The molecule has 0 aliphatic heterocycles. The van der Waals surface area contributed by atoms with Crippen LogP contribution in [-0.2, 0) is 4.74 Å². The van der Waals surface area contributed by atoms with Crippen LogP contribution in [0, 0.1) is 0 Å². The van der Waals surface area contributed by atoms with E-state index in [2.05, 4.69) is 5.32 Å². The van der Waals surface area contributed by atoms with Gasteiger partial charge < -0.3 is 10.1 Å². The van der Waals surface area contributed by atoms with Crippen LogP contribution in [0.1, 0.15) is 42.7 Å². The van der Waals surface area contributed by atoms with E-state index in [9.17, 15) is 14.4 Å². The molecule has 0 fully saturated rings. The first-order valence-electron chi connectivity index (χ1n) is 10.5. The quantitative estimate of drug-likeness (QED) is 0.252. The van der Waals surface area contributed by atoms with Gasteiger partial charge in [-0.25, -0.2) is 4.79 Å². The Labute approximate surface area is 202 Å². The number of ketones is 1. The van der Waals surface area contributed by atoms with Crippen molar-refractivity contribution in [2.45, 2.75) is 6.10 Å². The monoisotopic (exact) mass is 469 g/mol. The van der Waals surface area contributed by atoms with E-state index in [4.69, 9.17) is 16.3 Å². The van der Waals surface area contributed by atoms with Crippen LogP contribution < -0.4 is 5.32 Å². The summed E-state index contributed by atoms with van der Waals surface area (Å²) in [4.78, 5) is 38.7. The number of anilines is 1. The van der Waals surface area contributed by atoms with Gasteiger partial charge in [-0.1, -0.05) is 66.2 Å². The van der Waals surface area contributed by atoms with Gasteiger partial charge in [-0.05, 0) is 54.6 Å². The Balaban J connectivity index is 1.56. The Morgan fingerprint density at radius 1 is 0.676 bits per heavy atom. The fraction of sp³-hybridized carbons (Fsp3) is 0.0357. The van der Waals surface area contributed by atoms with Gasteiger partial charge in [0.05, 0.1) is 5.56 Å². The van der Waals surface area contributed by atoms with Crippen molar-refractivity contribution in [1.82, 2.24) is 0 Å². The minimum atomic E-state index is -1.14. The number of carbonyl (C=O) groups is 3. The van der Waals surface area contributed by atoms with E-state index in [1.165, 1.54) is 6.07 Å². The SMILES string of the molecule is O=C(Nc1cccc(C(=O)O[C@H](C(=O)c2ccc(Cl)cc2)c2ccccc2)c1)c1ccccc1. The Kier molecular flexibility index (Phi) is 7.16. The van der Waals surface area contributed by atoms with Crippen molar-refractivity contribution in [2.75, 3.05) is 5.32 Å². The molecule has 0 aromatic heterocycles. The van der Waals surface area contributed by atoms with Gasteiger partial charge in [0, 0.05) is 27.4 Å². The average Bonchev–Trinajstić information content (AvgIpc) is 2.88. The predicted octanol–water partition coefficient (Wildman–Crippen LogP) is 6.37. The molecule has 4 aromatic rings. The molecule has 0 radical (unpaired) electrons. The number of Topliss-reactive ketones (excluding diaryl/α,β-unsaturated/α-hetero) is 1. The average molecular weight is 470 g/mol. The molecule has 168 valence electrons. The number of ether oxygens (including phenoxy) is 1. The van der Waals surface area contributed by atoms with Gasteiger partial charge in [-0.15, -0.1) is 0 Å². The first-order valence-corrected chi connectivity index (χ1v) is 10.9. The number of benzene rings is 4. The van der Waals surface area contributed by atoms with E-state index in [1.54, 1.807) is 91.0 Å². The van der Waals surface area contributed by atoms with E-state index < -0.39 is 12.1 Å². The van der Waals surface area contributed by atoms with Gasteiger partial charge in [0.1, 0.15) is 0 Å². The number of esters is 1. The van der Waals surface area contributed by atoms with Crippen LogP contribution in [0.3, 0.4) is 0 Å². The number of rotatable bonds is 7. The molecular weight excluding hydrogens is 450 g/mol. The smallest absolute Gasteiger partial charge is 0.339 e. The highest BCUT2D eigenvalue weighted by atomic mass is 35.5. The molecule has 1 atom stereocenters. The summed E-state index contributed by atoms with van der Waals surface area (Å²) in [5.41, 5.74) is 2.05. The largest absolute Gasteiger partial charge is 0.445 e. The highest BCUT2D eigenvalue weighted by Gasteiger charge is 2.27. The van der Waals surface area contributed by atoms with E-state index in [0.29, 0.717) is 27.4 Å². The van der Waals surface area contributed by atoms with E-state index in [-0.39, 0.29) is 17.3 Å². The zero-order valence-electron chi connectivity index (χ0n) is 18.0. The second-order valence-corrected chi connectivity index (χ2v) is 7.90.